The number of carbonyl (C=O) groups excluding carboxylic acids is 2. The van der Waals surface area contributed by atoms with E-state index in [2.05, 4.69) is 10.4 Å². The fourth-order valence-electron chi connectivity index (χ4n) is 3.50. The van der Waals surface area contributed by atoms with Crippen LogP contribution >= 0.6 is 0 Å². The van der Waals surface area contributed by atoms with Crippen LogP contribution in [0.5, 0.6) is 0 Å². The van der Waals surface area contributed by atoms with E-state index in [-0.39, 0.29) is 11.9 Å². The Morgan fingerprint density at radius 2 is 1.71 bits per heavy atom. The van der Waals surface area contributed by atoms with Crippen LogP contribution < -0.4 is 5.32 Å². The minimum absolute atomic E-state index is 0.00735. The van der Waals surface area contributed by atoms with E-state index in [1.54, 1.807) is 10.9 Å². The number of carbonyl (C=O) groups is 2. The van der Waals surface area contributed by atoms with Gasteiger partial charge in [-0.3, -0.25) is 9.48 Å². The largest absolute Gasteiger partial charge is 0.335 e. The number of rotatable bonds is 2. The molecule has 1 saturated heterocycles. The molecule has 2 heterocycles. The molecule has 0 spiro atoms. The number of nitrogens with zero attached hydrogens (tertiary/aromatic N) is 4. The number of piperazine rings is 1. The van der Waals surface area contributed by atoms with Gasteiger partial charge in [-0.25, -0.2) is 4.79 Å². The van der Waals surface area contributed by atoms with Gasteiger partial charge in [0.15, 0.2) is 0 Å². The molecule has 0 aromatic carbocycles. The zero-order chi connectivity index (χ0) is 17.1. The molecular weight excluding hydrogens is 306 g/mol. The highest BCUT2D eigenvalue weighted by Gasteiger charge is 2.27. The summed E-state index contributed by atoms with van der Waals surface area (Å²) >= 11 is 0. The van der Waals surface area contributed by atoms with E-state index in [1.165, 1.54) is 19.3 Å². The van der Waals surface area contributed by atoms with E-state index >= 15 is 0 Å². The van der Waals surface area contributed by atoms with Gasteiger partial charge in [0.1, 0.15) is 0 Å². The number of hydrogen-bond acceptors (Lipinski definition) is 3. The molecular formula is C17H27N5O2. The average Bonchev–Trinajstić information content (AvgIpc) is 2.94. The maximum Gasteiger partial charge on any atom is 0.317 e. The summed E-state index contributed by atoms with van der Waals surface area (Å²) in [6.07, 6.45) is 7.49. The Labute approximate surface area is 143 Å². The van der Waals surface area contributed by atoms with Crippen molar-refractivity contribution in [3.63, 3.8) is 0 Å². The lowest BCUT2D eigenvalue weighted by Gasteiger charge is -2.36. The summed E-state index contributed by atoms with van der Waals surface area (Å²) in [6.45, 7) is 4.22. The van der Waals surface area contributed by atoms with Gasteiger partial charge >= 0.3 is 6.03 Å². The molecule has 7 nitrogen and oxygen atoms in total. The molecule has 2 aliphatic rings. The van der Waals surface area contributed by atoms with Crippen LogP contribution in [0.4, 0.5) is 4.79 Å². The van der Waals surface area contributed by atoms with Crippen molar-refractivity contribution < 1.29 is 9.59 Å². The van der Waals surface area contributed by atoms with E-state index in [0.29, 0.717) is 37.8 Å². The topological polar surface area (TPSA) is 70.5 Å². The first-order valence-corrected chi connectivity index (χ1v) is 8.89. The molecule has 1 aromatic heterocycles. The quantitative estimate of drug-likeness (QED) is 0.892. The fourth-order valence-corrected chi connectivity index (χ4v) is 3.50. The first-order valence-electron chi connectivity index (χ1n) is 8.89. The van der Waals surface area contributed by atoms with Gasteiger partial charge in [0, 0.05) is 45.0 Å². The second kappa shape index (κ2) is 7.23. The predicted octanol–water partition coefficient (Wildman–Crippen LogP) is 1.53. The highest BCUT2D eigenvalue weighted by Crippen LogP contribution is 2.18. The summed E-state index contributed by atoms with van der Waals surface area (Å²) in [4.78, 5) is 28.6. The van der Waals surface area contributed by atoms with Gasteiger partial charge in [-0.2, -0.15) is 5.10 Å². The Morgan fingerprint density at radius 1 is 1.08 bits per heavy atom. The first-order chi connectivity index (χ1) is 11.6. The third kappa shape index (κ3) is 3.55. The second-order valence-electron chi connectivity index (χ2n) is 6.83. The van der Waals surface area contributed by atoms with Gasteiger partial charge in [-0.15, -0.1) is 0 Å². The first kappa shape index (κ1) is 16.8. The molecule has 0 unspecified atom stereocenters. The zero-order valence-electron chi connectivity index (χ0n) is 14.6. The highest BCUT2D eigenvalue weighted by molar-refractivity contribution is 5.95. The Morgan fingerprint density at radius 3 is 2.29 bits per heavy atom. The fraction of sp³-hybridized carbons (Fsp3) is 0.706. The van der Waals surface area contributed by atoms with Crippen molar-refractivity contribution in [1.29, 1.82) is 0 Å². The van der Waals surface area contributed by atoms with Gasteiger partial charge in [0.05, 0.1) is 11.8 Å². The Bertz CT molecular complexity index is 598. The summed E-state index contributed by atoms with van der Waals surface area (Å²) in [6, 6.07) is 0.343. The Kier molecular flexibility index (Phi) is 5.06. The molecule has 3 amide bonds. The summed E-state index contributed by atoms with van der Waals surface area (Å²) in [7, 11) is 1.83. The third-order valence-electron chi connectivity index (χ3n) is 5.25. The summed E-state index contributed by atoms with van der Waals surface area (Å²) in [5, 5.41) is 7.28. The van der Waals surface area contributed by atoms with Crippen molar-refractivity contribution in [3.05, 3.63) is 17.5 Å². The number of nitrogens with one attached hydrogen (secondary N) is 1. The van der Waals surface area contributed by atoms with Crippen LogP contribution in [0.1, 0.15) is 48.2 Å². The van der Waals surface area contributed by atoms with Gasteiger partial charge in [0.25, 0.3) is 5.91 Å². The zero-order valence-corrected chi connectivity index (χ0v) is 14.6. The summed E-state index contributed by atoms with van der Waals surface area (Å²) in [5.41, 5.74) is 1.52. The van der Waals surface area contributed by atoms with Crippen LogP contribution in [0.2, 0.25) is 0 Å². The average molecular weight is 333 g/mol. The normalized spacial score (nSPS) is 19.4. The van der Waals surface area contributed by atoms with Crippen molar-refractivity contribution in [2.24, 2.45) is 7.05 Å². The van der Waals surface area contributed by atoms with Gasteiger partial charge in [0.2, 0.25) is 0 Å². The Hall–Kier alpha value is -2.05. The number of urea groups is 1. The number of aryl methyl sites for hydroxylation is 1. The van der Waals surface area contributed by atoms with Crippen LogP contribution in [0, 0.1) is 6.92 Å². The minimum Gasteiger partial charge on any atom is -0.335 e. The van der Waals surface area contributed by atoms with Crippen LogP contribution in [0.15, 0.2) is 6.20 Å². The van der Waals surface area contributed by atoms with E-state index in [4.69, 9.17) is 0 Å². The molecule has 24 heavy (non-hydrogen) atoms. The standard InChI is InChI=1S/C17H27N5O2/c1-13-15(12-18-20(13)2)16(23)21-8-10-22(11-9-21)17(24)19-14-6-4-3-5-7-14/h12,14H,3-11H2,1-2H3,(H,19,24). The highest BCUT2D eigenvalue weighted by atomic mass is 16.2. The molecule has 2 fully saturated rings. The SMILES string of the molecule is Cc1c(C(=O)N2CCN(C(=O)NC3CCCCC3)CC2)cnn1C. The second-order valence-corrected chi connectivity index (χ2v) is 6.83. The molecule has 132 valence electrons. The lowest BCUT2D eigenvalue weighted by atomic mass is 9.96. The predicted molar refractivity (Wildman–Crippen MR) is 90.8 cm³/mol. The molecule has 0 atom stereocenters. The van der Waals surface area contributed by atoms with Gasteiger partial charge in [-0.1, -0.05) is 19.3 Å². The molecule has 1 aromatic rings. The molecule has 1 saturated carbocycles. The molecule has 1 N–H and O–H groups in total. The summed E-state index contributed by atoms with van der Waals surface area (Å²) < 4.78 is 1.71. The lowest BCUT2D eigenvalue weighted by molar-refractivity contribution is 0.0661. The molecule has 7 heteroatoms. The van der Waals surface area contributed by atoms with Crippen LogP contribution in [-0.4, -0.2) is 63.7 Å². The van der Waals surface area contributed by atoms with Gasteiger partial charge in [-0.05, 0) is 19.8 Å². The number of aromatic nitrogens is 2. The number of hydrogen-bond donors (Lipinski definition) is 1. The molecule has 3 rings (SSSR count). The van der Waals surface area contributed by atoms with E-state index in [0.717, 1.165) is 18.5 Å². The molecule has 0 bridgehead atoms. The van der Waals surface area contributed by atoms with Gasteiger partial charge < -0.3 is 15.1 Å². The maximum absolute atomic E-state index is 12.6. The summed E-state index contributed by atoms with van der Waals surface area (Å²) in [5.74, 6) is 0.00735. The van der Waals surface area contributed by atoms with Crippen LogP contribution in [-0.2, 0) is 7.05 Å². The van der Waals surface area contributed by atoms with E-state index < -0.39 is 0 Å². The van der Waals surface area contributed by atoms with E-state index in [1.807, 2.05) is 23.8 Å². The molecule has 1 aliphatic carbocycles. The van der Waals surface area contributed by atoms with Crippen molar-refractivity contribution in [2.45, 2.75) is 45.1 Å². The minimum atomic E-state index is 0.00735. The van der Waals surface area contributed by atoms with Crippen LogP contribution in [0.25, 0.3) is 0 Å². The number of amides is 3. The van der Waals surface area contributed by atoms with Crippen molar-refractivity contribution >= 4 is 11.9 Å². The Balaban J connectivity index is 1.50. The maximum atomic E-state index is 12.6. The van der Waals surface area contributed by atoms with Crippen molar-refractivity contribution in [1.82, 2.24) is 24.9 Å². The van der Waals surface area contributed by atoms with E-state index in [9.17, 15) is 9.59 Å². The monoisotopic (exact) mass is 333 g/mol. The van der Waals surface area contributed by atoms with Crippen LogP contribution in [0.3, 0.4) is 0 Å². The van der Waals surface area contributed by atoms with Crippen molar-refractivity contribution in [2.75, 3.05) is 26.2 Å². The molecule has 0 radical (unpaired) electrons. The smallest absolute Gasteiger partial charge is 0.317 e. The molecule has 1 aliphatic heterocycles. The lowest BCUT2D eigenvalue weighted by Crippen LogP contribution is -2.54. The van der Waals surface area contributed by atoms with Crippen molar-refractivity contribution in [3.8, 4) is 0 Å². The third-order valence-corrected chi connectivity index (χ3v) is 5.25.